The second kappa shape index (κ2) is 6.18. The lowest BCUT2D eigenvalue weighted by atomic mass is 9.88. The van der Waals surface area contributed by atoms with E-state index in [0.717, 1.165) is 26.2 Å². The monoisotopic (exact) mass is 233 g/mol. The molecule has 2 heteroatoms. The van der Waals surface area contributed by atoms with Gasteiger partial charge in [-0.25, -0.2) is 0 Å². The Morgan fingerprint density at radius 3 is 2.65 bits per heavy atom. The molecule has 1 aliphatic rings. The van der Waals surface area contributed by atoms with E-state index in [9.17, 15) is 0 Å². The third-order valence-corrected chi connectivity index (χ3v) is 3.59. The van der Waals surface area contributed by atoms with E-state index in [-0.39, 0.29) is 0 Å². The van der Waals surface area contributed by atoms with Gasteiger partial charge in [0.15, 0.2) is 0 Å². The van der Waals surface area contributed by atoms with E-state index in [1.807, 2.05) is 0 Å². The molecule has 17 heavy (non-hydrogen) atoms. The maximum absolute atomic E-state index is 5.39. The molecule has 0 aromatic heterocycles. The van der Waals surface area contributed by atoms with Crippen molar-refractivity contribution in [3.63, 3.8) is 0 Å². The highest BCUT2D eigenvalue weighted by Gasteiger charge is 2.19. The fraction of sp³-hybridized carbons (Fsp3) is 0.600. The van der Waals surface area contributed by atoms with Gasteiger partial charge in [-0.2, -0.15) is 0 Å². The SMILES string of the molecule is CC(C)C(CNC1CCOC1)c1ccccc1. The van der Waals surface area contributed by atoms with Crippen LogP contribution in [0.3, 0.4) is 0 Å². The van der Waals surface area contributed by atoms with E-state index in [1.165, 1.54) is 5.56 Å². The topological polar surface area (TPSA) is 21.3 Å². The van der Waals surface area contributed by atoms with Crippen LogP contribution in [-0.2, 0) is 4.74 Å². The number of hydrogen-bond acceptors (Lipinski definition) is 2. The minimum atomic E-state index is 0.556. The molecule has 0 aliphatic carbocycles. The van der Waals surface area contributed by atoms with Crippen molar-refractivity contribution >= 4 is 0 Å². The Bertz CT molecular complexity index is 317. The van der Waals surface area contributed by atoms with Crippen molar-refractivity contribution in [3.8, 4) is 0 Å². The Balaban J connectivity index is 1.93. The molecule has 2 nitrogen and oxygen atoms in total. The lowest BCUT2D eigenvalue weighted by Crippen LogP contribution is -2.34. The van der Waals surface area contributed by atoms with Crippen LogP contribution < -0.4 is 5.32 Å². The highest BCUT2D eigenvalue weighted by molar-refractivity contribution is 5.20. The Morgan fingerprint density at radius 1 is 1.29 bits per heavy atom. The van der Waals surface area contributed by atoms with E-state index in [4.69, 9.17) is 4.74 Å². The predicted octanol–water partition coefficient (Wildman–Crippen LogP) is 2.80. The minimum Gasteiger partial charge on any atom is -0.380 e. The van der Waals surface area contributed by atoms with Gasteiger partial charge in [-0.15, -0.1) is 0 Å². The summed E-state index contributed by atoms with van der Waals surface area (Å²) in [5, 5.41) is 3.64. The van der Waals surface area contributed by atoms with Gasteiger partial charge < -0.3 is 10.1 Å². The largest absolute Gasteiger partial charge is 0.380 e. The summed E-state index contributed by atoms with van der Waals surface area (Å²) in [6.45, 7) is 7.43. The summed E-state index contributed by atoms with van der Waals surface area (Å²) < 4.78 is 5.39. The third-order valence-electron chi connectivity index (χ3n) is 3.59. The summed E-state index contributed by atoms with van der Waals surface area (Å²) in [6.07, 6.45) is 1.15. The van der Waals surface area contributed by atoms with E-state index in [1.54, 1.807) is 0 Å². The molecule has 0 saturated carbocycles. The summed E-state index contributed by atoms with van der Waals surface area (Å²) in [6, 6.07) is 11.4. The molecule has 0 bridgehead atoms. The number of benzene rings is 1. The van der Waals surface area contributed by atoms with Crippen molar-refractivity contribution in [1.82, 2.24) is 5.32 Å². The van der Waals surface area contributed by atoms with Crippen molar-refractivity contribution in [1.29, 1.82) is 0 Å². The van der Waals surface area contributed by atoms with Gasteiger partial charge in [-0.05, 0) is 23.8 Å². The van der Waals surface area contributed by atoms with Crippen LogP contribution in [0.15, 0.2) is 30.3 Å². The Labute approximate surface area is 104 Å². The molecule has 1 fully saturated rings. The number of nitrogens with one attached hydrogen (secondary N) is 1. The summed E-state index contributed by atoms with van der Waals surface area (Å²) in [5.41, 5.74) is 1.44. The first kappa shape index (κ1) is 12.6. The van der Waals surface area contributed by atoms with Crippen molar-refractivity contribution in [2.45, 2.75) is 32.2 Å². The molecule has 1 aromatic carbocycles. The highest BCUT2D eigenvalue weighted by Crippen LogP contribution is 2.23. The third kappa shape index (κ3) is 3.55. The van der Waals surface area contributed by atoms with E-state index < -0.39 is 0 Å². The Hall–Kier alpha value is -0.860. The smallest absolute Gasteiger partial charge is 0.0620 e. The molecule has 1 aromatic rings. The molecule has 2 unspecified atom stereocenters. The highest BCUT2D eigenvalue weighted by atomic mass is 16.5. The molecule has 1 saturated heterocycles. The van der Waals surface area contributed by atoms with Gasteiger partial charge in [-0.3, -0.25) is 0 Å². The lowest BCUT2D eigenvalue weighted by molar-refractivity contribution is 0.189. The normalized spacial score (nSPS) is 21.9. The summed E-state index contributed by atoms with van der Waals surface area (Å²) in [5.74, 6) is 1.25. The first-order chi connectivity index (χ1) is 8.27. The number of ether oxygens (including phenoxy) is 1. The molecule has 1 aliphatic heterocycles. The van der Waals surface area contributed by atoms with Crippen molar-refractivity contribution in [2.75, 3.05) is 19.8 Å². The van der Waals surface area contributed by atoms with E-state index in [2.05, 4.69) is 49.5 Å². The minimum absolute atomic E-state index is 0.556. The van der Waals surface area contributed by atoms with Crippen LogP contribution in [0.4, 0.5) is 0 Å². The first-order valence-electron chi connectivity index (χ1n) is 6.63. The molecular formula is C15H23NO. The molecule has 2 rings (SSSR count). The summed E-state index contributed by atoms with van der Waals surface area (Å²) in [7, 11) is 0. The van der Waals surface area contributed by atoms with Gasteiger partial charge in [0.2, 0.25) is 0 Å². The van der Waals surface area contributed by atoms with Gasteiger partial charge in [0.05, 0.1) is 6.61 Å². The second-order valence-electron chi connectivity index (χ2n) is 5.23. The van der Waals surface area contributed by atoms with Crippen LogP contribution in [0.5, 0.6) is 0 Å². The molecule has 0 spiro atoms. The molecule has 94 valence electrons. The van der Waals surface area contributed by atoms with E-state index >= 15 is 0 Å². The lowest BCUT2D eigenvalue weighted by Gasteiger charge is -2.23. The molecule has 0 amide bonds. The summed E-state index contributed by atoms with van der Waals surface area (Å²) >= 11 is 0. The van der Waals surface area contributed by atoms with Crippen LogP contribution in [0.25, 0.3) is 0 Å². The van der Waals surface area contributed by atoms with Gasteiger partial charge in [0, 0.05) is 19.2 Å². The number of hydrogen-bond donors (Lipinski definition) is 1. The Morgan fingerprint density at radius 2 is 2.06 bits per heavy atom. The molecular weight excluding hydrogens is 210 g/mol. The standard InChI is InChI=1S/C15H23NO/c1-12(2)15(13-6-4-3-5-7-13)10-16-14-8-9-17-11-14/h3-7,12,14-16H,8-11H2,1-2H3. The molecule has 0 radical (unpaired) electrons. The summed E-state index contributed by atoms with van der Waals surface area (Å²) in [4.78, 5) is 0. The Kier molecular flexibility index (Phi) is 4.57. The van der Waals surface area contributed by atoms with Gasteiger partial charge in [0.1, 0.15) is 0 Å². The zero-order valence-electron chi connectivity index (χ0n) is 10.9. The molecule has 2 atom stereocenters. The fourth-order valence-corrected chi connectivity index (χ4v) is 2.43. The zero-order chi connectivity index (χ0) is 12.1. The van der Waals surface area contributed by atoms with Gasteiger partial charge in [-0.1, -0.05) is 44.2 Å². The van der Waals surface area contributed by atoms with Crippen molar-refractivity contribution in [2.24, 2.45) is 5.92 Å². The average Bonchev–Trinajstić information content (AvgIpc) is 2.83. The van der Waals surface area contributed by atoms with Crippen molar-refractivity contribution < 1.29 is 4.74 Å². The second-order valence-corrected chi connectivity index (χ2v) is 5.23. The van der Waals surface area contributed by atoms with Crippen LogP contribution >= 0.6 is 0 Å². The first-order valence-corrected chi connectivity index (χ1v) is 6.63. The average molecular weight is 233 g/mol. The predicted molar refractivity (Wildman–Crippen MR) is 71.2 cm³/mol. The van der Waals surface area contributed by atoms with Crippen LogP contribution in [-0.4, -0.2) is 25.8 Å². The molecule has 1 heterocycles. The van der Waals surface area contributed by atoms with Crippen LogP contribution in [0, 0.1) is 5.92 Å². The van der Waals surface area contributed by atoms with Gasteiger partial charge in [0.25, 0.3) is 0 Å². The maximum Gasteiger partial charge on any atom is 0.0620 e. The molecule has 1 N–H and O–H groups in total. The maximum atomic E-state index is 5.39. The van der Waals surface area contributed by atoms with Crippen LogP contribution in [0.2, 0.25) is 0 Å². The number of rotatable bonds is 5. The van der Waals surface area contributed by atoms with Crippen molar-refractivity contribution in [3.05, 3.63) is 35.9 Å². The zero-order valence-corrected chi connectivity index (χ0v) is 10.9. The van der Waals surface area contributed by atoms with Crippen LogP contribution in [0.1, 0.15) is 31.7 Å². The fourth-order valence-electron chi connectivity index (χ4n) is 2.43. The van der Waals surface area contributed by atoms with E-state index in [0.29, 0.717) is 17.9 Å². The quantitative estimate of drug-likeness (QED) is 0.844. The van der Waals surface area contributed by atoms with Gasteiger partial charge >= 0.3 is 0 Å².